The smallest absolute Gasteiger partial charge is 0.356 e. The standard InChI is InChI=1S/C5H10N2O6S/c1-4(8)6-3-2-5(9)7-13-14(10,11)12/h2-3H2,1H3,(H,6,8)(H,7,9)(H,10,11,12). The minimum absolute atomic E-state index is 0.0516. The Kier molecular flexibility index (Phi) is 5.05. The number of carbonyl (C=O) groups is 2. The second-order valence-electron chi connectivity index (χ2n) is 2.27. The molecule has 0 aromatic heterocycles. The molecule has 0 saturated heterocycles. The van der Waals surface area contributed by atoms with Gasteiger partial charge in [0.2, 0.25) is 11.8 Å². The number of hydroxylamine groups is 1. The number of nitrogens with one attached hydrogen (secondary N) is 2. The van der Waals surface area contributed by atoms with E-state index in [9.17, 15) is 18.0 Å². The first-order chi connectivity index (χ1) is 6.31. The van der Waals surface area contributed by atoms with Gasteiger partial charge in [-0.15, -0.1) is 4.28 Å². The molecule has 0 radical (unpaired) electrons. The Balaban J connectivity index is 3.62. The number of hydrogen-bond donors (Lipinski definition) is 3. The van der Waals surface area contributed by atoms with Crippen LogP contribution in [0.3, 0.4) is 0 Å². The quantitative estimate of drug-likeness (QED) is 0.382. The van der Waals surface area contributed by atoms with Crippen molar-refractivity contribution in [3.8, 4) is 0 Å². The molecule has 0 aliphatic heterocycles. The molecule has 3 N–H and O–H groups in total. The van der Waals surface area contributed by atoms with Gasteiger partial charge in [0.1, 0.15) is 0 Å². The van der Waals surface area contributed by atoms with Gasteiger partial charge in [-0.3, -0.25) is 14.1 Å². The first-order valence-corrected chi connectivity index (χ1v) is 4.87. The van der Waals surface area contributed by atoms with Crippen LogP contribution in [-0.2, 0) is 24.3 Å². The van der Waals surface area contributed by atoms with Crippen LogP contribution in [0.15, 0.2) is 0 Å². The molecule has 0 fully saturated rings. The Labute approximate surface area is 80.5 Å². The van der Waals surface area contributed by atoms with E-state index in [4.69, 9.17) is 4.55 Å². The fourth-order valence-corrected chi connectivity index (χ4v) is 0.700. The maximum Gasteiger partial charge on any atom is 0.418 e. The highest BCUT2D eigenvalue weighted by atomic mass is 32.3. The molecular formula is C5H10N2O6S. The predicted octanol–water partition coefficient (Wildman–Crippen LogP) is -1.64. The minimum Gasteiger partial charge on any atom is -0.356 e. The summed E-state index contributed by atoms with van der Waals surface area (Å²) in [5.74, 6) is -1.09. The van der Waals surface area contributed by atoms with Gasteiger partial charge in [-0.2, -0.15) is 8.42 Å². The lowest BCUT2D eigenvalue weighted by molar-refractivity contribution is -0.127. The van der Waals surface area contributed by atoms with E-state index in [1.54, 1.807) is 0 Å². The molecule has 0 aromatic rings. The minimum atomic E-state index is -4.68. The van der Waals surface area contributed by atoms with Crippen LogP contribution >= 0.6 is 0 Å². The highest BCUT2D eigenvalue weighted by molar-refractivity contribution is 7.80. The molecule has 0 aliphatic carbocycles. The van der Waals surface area contributed by atoms with E-state index in [0.29, 0.717) is 0 Å². The molecule has 0 aromatic carbocycles. The summed E-state index contributed by atoms with van der Waals surface area (Å²) in [4.78, 5) is 21.0. The summed E-state index contributed by atoms with van der Waals surface area (Å²) in [5.41, 5.74) is 1.47. The van der Waals surface area contributed by atoms with Crippen LogP contribution in [0.4, 0.5) is 0 Å². The number of hydrogen-bond acceptors (Lipinski definition) is 5. The van der Waals surface area contributed by atoms with Crippen molar-refractivity contribution >= 4 is 22.2 Å². The van der Waals surface area contributed by atoms with E-state index in [1.807, 2.05) is 0 Å². The molecule has 0 unspecified atom stereocenters. The van der Waals surface area contributed by atoms with Crippen molar-refractivity contribution in [2.45, 2.75) is 13.3 Å². The zero-order valence-corrected chi connectivity index (χ0v) is 8.13. The highest BCUT2D eigenvalue weighted by Crippen LogP contribution is 1.83. The van der Waals surface area contributed by atoms with E-state index in [0.717, 1.165) is 0 Å². The molecule has 0 rings (SSSR count). The third-order valence-electron chi connectivity index (χ3n) is 0.987. The largest absolute Gasteiger partial charge is 0.418 e. The lowest BCUT2D eigenvalue weighted by Gasteiger charge is -2.02. The van der Waals surface area contributed by atoms with Crippen molar-refractivity contribution in [2.75, 3.05) is 6.54 Å². The summed E-state index contributed by atoms with van der Waals surface area (Å²) in [5, 5.41) is 2.31. The molecule has 0 bridgehead atoms. The van der Waals surface area contributed by atoms with Gasteiger partial charge in [-0.05, 0) is 0 Å². The van der Waals surface area contributed by atoms with Crippen LogP contribution in [0, 0.1) is 0 Å². The molecule has 0 atom stereocenters. The Morgan fingerprint density at radius 3 is 2.43 bits per heavy atom. The lowest BCUT2D eigenvalue weighted by Crippen LogP contribution is -2.31. The third-order valence-corrected chi connectivity index (χ3v) is 1.28. The third kappa shape index (κ3) is 8.90. The molecule has 0 saturated carbocycles. The molecule has 9 heteroatoms. The van der Waals surface area contributed by atoms with Crippen molar-refractivity contribution in [3.63, 3.8) is 0 Å². The molecule has 14 heavy (non-hydrogen) atoms. The fourth-order valence-electron chi connectivity index (χ4n) is 0.502. The van der Waals surface area contributed by atoms with Crippen LogP contribution in [-0.4, -0.2) is 31.3 Å². The number of carbonyl (C=O) groups excluding carboxylic acids is 2. The van der Waals surface area contributed by atoms with Gasteiger partial charge >= 0.3 is 10.4 Å². The van der Waals surface area contributed by atoms with Crippen LogP contribution in [0.5, 0.6) is 0 Å². The topological polar surface area (TPSA) is 122 Å². The average molecular weight is 226 g/mol. The maximum absolute atomic E-state index is 10.7. The Morgan fingerprint density at radius 2 is 2.00 bits per heavy atom. The molecule has 0 spiro atoms. The molecule has 8 nitrogen and oxygen atoms in total. The number of rotatable bonds is 5. The summed E-state index contributed by atoms with van der Waals surface area (Å²) in [6.45, 7) is 1.32. The zero-order valence-electron chi connectivity index (χ0n) is 7.31. The van der Waals surface area contributed by atoms with E-state index >= 15 is 0 Å². The first-order valence-electron chi connectivity index (χ1n) is 3.50. The van der Waals surface area contributed by atoms with Gasteiger partial charge in [0, 0.05) is 19.9 Å². The van der Waals surface area contributed by atoms with Crippen LogP contribution in [0.25, 0.3) is 0 Å². The van der Waals surface area contributed by atoms with Crippen LogP contribution in [0.1, 0.15) is 13.3 Å². The Bertz CT molecular complexity index is 310. The molecule has 0 aliphatic rings. The maximum atomic E-state index is 10.7. The normalized spacial score (nSPS) is 10.7. The van der Waals surface area contributed by atoms with Gasteiger partial charge in [0.05, 0.1) is 0 Å². The van der Waals surface area contributed by atoms with E-state index in [2.05, 4.69) is 9.60 Å². The van der Waals surface area contributed by atoms with Crippen molar-refractivity contribution in [1.82, 2.24) is 10.8 Å². The SMILES string of the molecule is CC(=O)NCCC(=O)NOS(=O)(=O)O. The predicted molar refractivity (Wildman–Crippen MR) is 44.1 cm³/mol. The van der Waals surface area contributed by atoms with Gasteiger partial charge in [0.25, 0.3) is 0 Å². The van der Waals surface area contributed by atoms with Crippen molar-refractivity contribution < 1.29 is 26.8 Å². The monoisotopic (exact) mass is 226 g/mol. The molecule has 82 valence electrons. The molecule has 0 heterocycles. The summed E-state index contributed by atoms with van der Waals surface area (Å²) in [6, 6.07) is 0. The first kappa shape index (κ1) is 12.8. The van der Waals surface area contributed by atoms with Crippen LogP contribution < -0.4 is 10.8 Å². The average Bonchev–Trinajstić information content (AvgIpc) is 1.99. The van der Waals surface area contributed by atoms with Crippen molar-refractivity contribution in [3.05, 3.63) is 0 Å². The van der Waals surface area contributed by atoms with Gasteiger partial charge < -0.3 is 5.32 Å². The van der Waals surface area contributed by atoms with Crippen LogP contribution in [0.2, 0.25) is 0 Å². The number of amides is 2. The van der Waals surface area contributed by atoms with Crippen molar-refractivity contribution in [2.24, 2.45) is 0 Å². The second-order valence-corrected chi connectivity index (χ2v) is 3.29. The van der Waals surface area contributed by atoms with Gasteiger partial charge in [-0.1, -0.05) is 0 Å². The Morgan fingerprint density at radius 1 is 1.43 bits per heavy atom. The van der Waals surface area contributed by atoms with E-state index < -0.39 is 16.3 Å². The summed E-state index contributed by atoms with van der Waals surface area (Å²) in [7, 11) is -4.68. The molecule has 2 amide bonds. The fraction of sp³-hybridized carbons (Fsp3) is 0.600. The molecular weight excluding hydrogens is 216 g/mol. The summed E-state index contributed by atoms with van der Waals surface area (Å²) >= 11 is 0. The lowest BCUT2D eigenvalue weighted by atomic mass is 10.4. The summed E-state index contributed by atoms with van der Waals surface area (Å²) < 4.78 is 31.5. The van der Waals surface area contributed by atoms with E-state index in [1.165, 1.54) is 12.4 Å². The van der Waals surface area contributed by atoms with Crippen molar-refractivity contribution in [1.29, 1.82) is 0 Å². The van der Waals surface area contributed by atoms with Gasteiger partial charge in [0.15, 0.2) is 0 Å². The van der Waals surface area contributed by atoms with Gasteiger partial charge in [-0.25, -0.2) is 5.48 Å². The summed E-state index contributed by atoms with van der Waals surface area (Å²) in [6.07, 6.45) is -0.158. The zero-order chi connectivity index (χ0) is 11.2. The Hall–Kier alpha value is -1.19. The highest BCUT2D eigenvalue weighted by Gasteiger charge is 2.08. The second kappa shape index (κ2) is 5.52. The van der Waals surface area contributed by atoms with E-state index in [-0.39, 0.29) is 18.9 Å².